The van der Waals surface area contributed by atoms with Crippen LogP contribution in [0.15, 0.2) is 30.6 Å². The first-order chi connectivity index (χ1) is 11.2. The van der Waals surface area contributed by atoms with Crippen molar-refractivity contribution in [3.05, 3.63) is 36.3 Å². The minimum absolute atomic E-state index is 0.165. The van der Waals surface area contributed by atoms with Gasteiger partial charge in [0, 0.05) is 51.1 Å². The molecule has 6 heteroatoms. The van der Waals surface area contributed by atoms with Gasteiger partial charge >= 0.3 is 0 Å². The van der Waals surface area contributed by atoms with Crippen LogP contribution in [0.1, 0.15) is 18.5 Å². The second-order valence-corrected chi connectivity index (χ2v) is 6.18. The smallest absolute Gasteiger partial charge is 0.223 e. The molecule has 3 rings (SSSR count). The van der Waals surface area contributed by atoms with Gasteiger partial charge in [-0.3, -0.25) is 9.69 Å². The number of aliphatic hydroxyl groups is 1. The molecule has 6 nitrogen and oxygen atoms in total. The Morgan fingerprint density at radius 1 is 1.39 bits per heavy atom. The summed E-state index contributed by atoms with van der Waals surface area (Å²) in [5, 5.41) is 9.14. The number of pyridine rings is 1. The van der Waals surface area contributed by atoms with E-state index in [9.17, 15) is 4.79 Å². The first kappa shape index (κ1) is 16.0. The Balaban J connectivity index is 1.56. The number of imidazole rings is 1. The molecule has 0 bridgehead atoms. The Kier molecular flexibility index (Phi) is 4.93. The molecule has 124 valence electrons. The molecule has 0 radical (unpaired) electrons. The maximum absolute atomic E-state index is 12.5. The zero-order valence-electron chi connectivity index (χ0n) is 13.6. The van der Waals surface area contributed by atoms with Crippen LogP contribution >= 0.6 is 0 Å². The van der Waals surface area contributed by atoms with Gasteiger partial charge in [0.05, 0.1) is 5.69 Å². The van der Waals surface area contributed by atoms with E-state index >= 15 is 0 Å². The van der Waals surface area contributed by atoms with Crippen LogP contribution in [0.4, 0.5) is 0 Å². The summed E-state index contributed by atoms with van der Waals surface area (Å²) in [6, 6.07) is 6.15. The van der Waals surface area contributed by atoms with Crippen molar-refractivity contribution in [2.45, 2.75) is 25.3 Å². The number of aliphatic hydroxyl groups excluding tert-OH is 1. The molecule has 2 aromatic heterocycles. The monoisotopic (exact) mass is 316 g/mol. The summed E-state index contributed by atoms with van der Waals surface area (Å²) in [6.07, 6.45) is 5.82. The van der Waals surface area contributed by atoms with E-state index in [4.69, 9.17) is 5.11 Å². The molecule has 0 saturated carbocycles. The lowest BCUT2D eigenvalue weighted by molar-refractivity contribution is -0.134. The molecular formula is C17H24N4O2. The van der Waals surface area contributed by atoms with Gasteiger partial charge in [0.15, 0.2) is 0 Å². The van der Waals surface area contributed by atoms with Gasteiger partial charge in [-0.2, -0.15) is 0 Å². The number of piperazine rings is 1. The van der Waals surface area contributed by atoms with Gasteiger partial charge in [-0.05, 0) is 32.0 Å². The largest absolute Gasteiger partial charge is 0.396 e. The summed E-state index contributed by atoms with van der Waals surface area (Å²) in [4.78, 5) is 21.1. The third-order valence-electron chi connectivity index (χ3n) is 4.60. The van der Waals surface area contributed by atoms with Crippen LogP contribution in [0.25, 0.3) is 5.65 Å². The minimum atomic E-state index is 0.165. The number of likely N-dealkylation sites (N-methyl/N-ethyl adjacent to an activating group) is 1. The molecule has 1 aliphatic rings. The van der Waals surface area contributed by atoms with Gasteiger partial charge < -0.3 is 14.4 Å². The standard InChI is InChI=1S/C17H24N4O2/c1-19-9-10-21(13-15(19)7-11-22)17(23)6-5-14-12-20-8-3-2-4-16(20)18-14/h2-4,8,12,15,22H,5-7,9-11,13H2,1H3/t15-/m1/s1. The molecule has 1 atom stereocenters. The molecule has 1 amide bonds. The van der Waals surface area contributed by atoms with Crippen LogP contribution in [0.2, 0.25) is 0 Å². The van der Waals surface area contributed by atoms with Gasteiger partial charge in [-0.15, -0.1) is 0 Å². The van der Waals surface area contributed by atoms with E-state index in [1.165, 1.54) is 0 Å². The average molecular weight is 316 g/mol. The van der Waals surface area contributed by atoms with Gasteiger partial charge in [0.2, 0.25) is 5.91 Å². The number of aryl methyl sites for hydroxylation is 1. The fourth-order valence-electron chi connectivity index (χ4n) is 3.13. The van der Waals surface area contributed by atoms with Crippen molar-refractivity contribution >= 4 is 11.6 Å². The third-order valence-corrected chi connectivity index (χ3v) is 4.60. The van der Waals surface area contributed by atoms with E-state index in [1.54, 1.807) is 0 Å². The lowest BCUT2D eigenvalue weighted by Crippen LogP contribution is -2.53. The second-order valence-electron chi connectivity index (χ2n) is 6.18. The summed E-state index contributed by atoms with van der Waals surface area (Å²) >= 11 is 0. The number of nitrogens with zero attached hydrogens (tertiary/aromatic N) is 4. The van der Waals surface area contributed by atoms with Crippen LogP contribution < -0.4 is 0 Å². The molecule has 1 aliphatic heterocycles. The summed E-state index contributed by atoms with van der Waals surface area (Å²) in [5.41, 5.74) is 1.86. The Morgan fingerprint density at radius 3 is 3.04 bits per heavy atom. The summed E-state index contributed by atoms with van der Waals surface area (Å²) in [7, 11) is 2.05. The fraction of sp³-hybridized carbons (Fsp3) is 0.529. The highest BCUT2D eigenvalue weighted by Gasteiger charge is 2.26. The molecule has 1 saturated heterocycles. The number of aromatic nitrogens is 2. The Hall–Kier alpha value is -1.92. The SMILES string of the molecule is CN1CCN(C(=O)CCc2cn3ccccc3n2)C[C@H]1CCO. The van der Waals surface area contributed by atoms with E-state index in [0.29, 0.717) is 25.8 Å². The van der Waals surface area contributed by atoms with Crippen molar-refractivity contribution in [1.29, 1.82) is 0 Å². The number of hydrogen-bond acceptors (Lipinski definition) is 4. The number of carbonyl (C=O) groups excluding carboxylic acids is 1. The minimum Gasteiger partial charge on any atom is -0.396 e. The van der Waals surface area contributed by atoms with Crippen molar-refractivity contribution < 1.29 is 9.90 Å². The predicted molar refractivity (Wildman–Crippen MR) is 88.2 cm³/mol. The van der Waals surface area contributed by atoms with Crippen molar-refractivity contribution in [3.8, 4) is 0 Å². The molecule has 23 heavy (non-hydrogen) atoms. The van der Waals surface area contributed by atoms with E-state index < -0.39 is 0 Å². The average Bonchev–Trinajstić information content (AvgIpc) is 2.98. The molecule has 3 heterocycles. The van der Waals surface area contributed by atoms with Gasteiger partial charge in [-0.1, -0.05) is 6.07 Å². The van der Waals surface area contributed by atoms with Crippen molar-refractivity contribution in [3.63, 3.8) is 0 Å². The maximum atomic E-state index is 12.5. The molecule has 1 N–H and O–H groups in total. The summed E-state index contributed by atoms with van der Waals surface area (Å²) in [5.74, 6) is 0.179. The zero-order valence-corrected chi connectivity index (χ0v) is 13.6. The molecule has 0 spiro atoms. The molecule has 2 aromatic rings. The summed E-state index contributed by atoms with van der Waals surface area (Å²) < 4.78 is 1.98. The second kappa shape index (κ2) is 7.10. The number of amides is 1. The number of rotatable bonds is 5. The van der Waals surface area contributed by atoms with Crippen LogP contribution in [-0.4, -0.2) is 69.5 Å². The Labute approximate surface area is 136 Å². The fourth-order valence-corrected chi connectivity index (χ4v) is 3.13. The Bertz CT molecular complexity index is 636. The van der Waals surface area contributed by atoms with Crippen molar-refractivity contribution in [2.24, 2.45) is 0 Å². The molecule has 0 aliphatic carbocycles. The first-order valence-corrected chi connectivity index (χ1v) is 8.19. The number of carbonyl (C=O) groups is 1. The van der Waals surface area contributed by atoms with Gasteiger partial charge in [0.25, 0.3) is 0 Å². The molecule has 0 unspecified atom stereocenters. The Morgan fingerprint density at radius 2 is 2.26 bits per heavy atom. The van der Waals surface area contributed by atoms with E-state index in [2.05, 4.69) is 16.9 Å². The first-order valence-electron chi connectivity index (χ1n) is 8.19. The lowest BCUT2D eigenvalue weighted by Gasteiger charge is -2.39. The number of hydrogen-bond donors (Lipinski definition) is 1. The van der Waals surface area contributed by atoms with E-state index in [-0.39, 0.29) is 18.6 Å². The maximum Gasteiger partial charge on any atom is 0.223 e. The lowest BCUT2D eigenvalue weighted by atomic mass is 10.1. The highest BCUT2D eigenvalue weighted by atomic mass is 16.3. The van der Waals surface area contributed by atoms with E-state index in [1.807, 2.05) is 39.9 Å². The molecular weight excluding hydrogens is 292 g/mol. The van der Waals surface area contributed by atoms with Crippen LogP contribution in [0, 0.1) is 0 Å². The molecule has 1 fully saturated rings. The van der Waals surface area contributed by atoms with Crippen molar-refractivity contribution in [1.82, 2.24) is 19.2 Å². The zero-order chi connectivity index (χ0) is 16.2. The summed E-state index contributed by atoms with van der Waals surface area (Å²) in [6.45, 7) is 2.51. The highest BCUT2D eigenvalue weighted by Crippen LogP contribution is 2.13. The van der Waals surface area contributed by atoms with Crippen LogP contribution in [0.5, 0.6) is 0 Å². The third kappa shape index (κ3) is 3.71. The van der Waals surface area contributed by atoms with Gasteiger partial charge in [-0.25, -0.2) is 4.98 Å². The highest BCUT2D eigenvalue weighted by molar-refractivity contribution is 5.76. The topological polar surface area (TPSA) is 61.1 Å². The van der Waals surface area contributed by atoms with E-state index in [0.717, 1.165) is 24.4 Å². The van der Waals surface area contributed by atoms with Crippen LogP contribution in [0.3, 0.4) is 0 Å². The van der Waals surface area contributed by atoms with Crippen LogP contribution in [-0.2, 0) is 11.2 Å². The molecule has 0 aromatic carbocycles. The normalized spacial score (nSPS) is 19.4. The number of fused-ring (bicyclic) bond motifs is 1. The van der Waals surface area contributed by atoms with Crippen molar-refractivity contribution in [2.75, 3.05) is 33.3 Å². The van der Waals surface area contributed by atoms with Gasteiger partial charge in [0.1, 0.15) is 5.65 Å². The quantitative estimate of drug-likeness (QED) is 0.886. The predicted octanol–water partition coefficient (Wildman–Crippen LogP) is 0.792.